The van der Waals surface area contributed by atoms with Crippen LogP contribution in [0.2, 0.25) is 5.02 Å². The van der Waals surface area contributed by atoms with Crippen molar-refractivity contribution in [3.8, 4) is 22.8 Å². The monoisotopic (exact) mass is 414 g/mol. The molecule has 29 heavy (non-hydrogen) atoms. The van der Waals surface area contributed by atoms with Crippen molar-refractivity contribution < 1.29 is 14.3 Å². The molecule has 152 valence electrons. The largest absolute Gasteiger partial charge is 0.497 e. The molecule has 0 saturated heterocycles. The Kier molecular flexibility index (Phi) is 6.41. The predicted molar refractivity (Wildman–Crippen MR) is 114 cm³/mol. The Bertz CT molecular complexity index is 1010. The number of carbonyl (C=O) groups is 1. The fourth-order valence-electron chi connectivity index (χ4n) is 3.02. The molecule has 0 bridgehead atoms. The summed E-state index contributed by atoms with van der Waals surface area (Å²) in [5, 5.41) is 7.60. The van der Waals surface area contributed by atoms with Crippen molar-refractivity contribution in [3.05, 3.63) is 58.7 Å². The lowest BCUT2D eigenvalue weighted by Crippen LogP contribution is -2.14. The summed E-state index contributed by atoms with van der Waals surface area (Å²) in [6.07, 6.45) is 1.57. The highest BCUT2D eigenvalue weighted by atomic mass is 35.5. The average Bonchev–Trinajstić information content (AvgIpc) is 3.04. The molecule has 0 atom stereocenters. The molecule has 0 radical (unpaired) electrons. The van der Waals surface area contributed by atoms with Gasteiger partial charge in [-0.25, -0.2) is 0 Å². The number of halogens is 1. The third-order valence-corrected chi connectivity index (χ3v) is 4.72. The number of amides is 1. The van der Waals surface area contributed by atoms with E-state index < -0.39 is 0 Å². The van der Waals surface area contributed by atoms with Gasteiger partial charge < -0.3 is 20.5 Å². The van der Waals surface area contributed by atoms with Gasteiger partial charge in [-0.1, -0.05) is 11.6 Å². The maximum absolute atomic E-state index is 12.8. The van der Waals surface area contributed by atoms with Crippen LogP contribution >= 0.6 is 11.6 Å². The first kappa shape index (κ1) is 20.7. The van der Waals surface area contributed by atoms with Gasteiger partial charge in [-0.3, -0.25) is 9.48 Å². The van der Waals surface area contributed by atoms with E-state index >= 15 is 0 Å². The molecule has 1 aromatic heterocycles. The molecule has 0 aliphatic carbocycles. The molecule has 0 saturated carbocycles. The molecule has 0 fully saturated rings. The van der Waals surface area contributed by atoms with Gasteiger partial charge in [-0.15, -0.1) is 0 Å². The van der Waals surface area contributed by atoms with Crippen molar-refractivity contribution >= 4 is 23.2 Å². The lowest BCUT2D eigenvalue weighted by atomic mass is 10.1. The Morgan fingerprint density at radius 3 is 2.69 bits per heavy atom. The SMILES string of the molecule is COc1ccc(C(=O)Nc2ccc(OCCN)c(-c3c(Cl)cnn3C)c2)c(C)c1. The maximum Gasteiger partial charge on any atom is 0.255 e. The van der Waals surface area contributed by atoms with Crippen LogP contribution in [0.1, 0.15) is 15.9 Å². The number of ether oxygens (including phenoxy) is 2. The lowest BCUT2D eigenvalue weighted by Gasteiger charge is -2.15. The molecule has 0 spiro atoms. The number of anilines is 1. The summed E-state index contributed by atoms with van der Waals surface area (Å²) in [7, 11) is 3.38. The van der Waals surface area contributed by atoms with E-state index in [1.54, 1.807) is 49.3 Å². The number of hydrogen-bond donors (Lipinski definition) is 2. The summed E-state index contributed by atoms with van der Waals surface area (Å²) in [5.41, 5.74) is 8.96. The standard InChI is InChI=1S/C21H23ClN4O3/c1-13-10-15(28-3)5-6-16(13)21(27)25-14-4-7-19(29-9-8-23)17(11-14)20-18(22)12-24-26(20)2/h4-7,10-12H,8-9,23H2,1-3H3,(H,25,27). The summed E-state index contributed by atoms with van der Waals surface area (Å²) in [4.78, 5) is 12.8. The van der Waals surface area contributed by atoms with Crippen LogP contribution in [0, 0.1) is 6.92 Å². The number of methoxy groups -OCH3 is 1. The zero-order chi connectivity index (χ0) is 21.0. The Labute approximate surface area is 174 Å². The zero-order valence-corrected chi connectivity index (χ0v) is 17.3. The van der Waals surface area contributed by atoms with Crippen LogP contribution in [0.15, 0.2) is 42.6 Å². The third kappa shape index (κ3) is 4.52. The highest BCUT2D eigenvalue weighted by molar-refractivity contribution is 6.33. The van der Waals surface area contributed by atoms with Gasteiger partial charge in [0.2, 0.25) is 0 Å². The molecule has 0 aliphatic rings. The predicted octanol–water partition coefficient (Wildman–Crippen LogP) is 3.65. The number of nitrogens with zero attached hydrogens (tertiary/aromatic N) is 2. The van der Waals surface area contributed by atoms with Crippen LogP contribution in [0.3, 0.4) is 0 Å². The van der Waals surface area contributed by atoms with Gasteiger partial charge in [-0.2, -0.15) is 5.10 Å². The minimum absolute atomic E-state index is 0.220. The fourth-order valence-corrected chi connectivity index (χ4v) is 3.29. The molecule has 3 N–H and O–H groups in total. The molecule has 3 aromatic rings. The minimum atomic E-state index is -0.220. The summed E-state index contributed by atoms with van der Waals surface area (Å²) < 4.78 is 12.6. The molecule has 8 heteroatoms. The van der Waals surface area contributed by atoms with Gasteiger partial charge in [0.05, 0.1) is 24.0 Å². The number of rotatable bonds is 7. The first-order valence-electron chi connectivity index (χ1n) is 9.05. The number of nitrogens with one attached hydrogen (secondary N) is 1. The van der Waals surface area contributed by atoms with Crippen LogP contribution in [-0.2, 0) is 7.05 Å². The minimum Gasteiger partial charge on any atom is -0.497 e. The number of aromatic nitrogens is 2. The molecule has 0 unspecified atom stereocenters. The van der Waals surface area contributed by atoms with E-state index in [2.05, 4.69) is 10.4 Å². The van der Waals surface area contributed by atoms with E-state index in [1.165, 1.54) is 0 Å². The van der Waals surface area contributed by atoms with Crippen molar-refractivity contribution in [2.24, 2.45) is 12.8 Å². The van der Waals surface area contributed by atoms with E-state index in [0.29, 0.717) is 52.2 Å². The number of nitrogens with two attached hydrogens (primary N) is 1. The summed E-state index contributed by atoms with van der Waals surface area (Å²) in [5.74, 6) is 1.09. The van der Waals surface area contributed by atoms with Crippen molar-refractivity contribution in [3.63, 3.8) is 0 Å². The van der Waals surface area contributed by atoms with Gasteiger partial charge in [0.15, 0.2) is 0 Å². The van der Waals surface area contributed by atoms with Gasteiger partial charge in [0, 0.05) is 30.4 Å². The molecular weight excluding hydrogens is 392 g/mol. The third-order valence-electron chi connectivity index (χ3n) is 4.44. The topological polar surface area (TPSA) is 91.4 Å². The molecule has 3 rings (SSSR count). The number of benzene rings is 2. The zero-order valence-electron chi connectivity index (χ0n) is 16.5. The van der Waals surface area contributed by atoms with Crippen LogP contribution in [-0.4, -0.2) is 35.9 Å². The van der Waals surface area contributed by atoms with E-state index in [1.807, 2.05) is 19.1 Å². The van der Waals surface area contributed by atoms with Gasteiger partial charge in [-0.05, 0) is 48.9 Å². The molecule has 2 aromatic carbocycles. The van der Waals surface area contributed by atoms with E-state index in [0.717, 1.165) is 5.56 Å². The Morgan fingerprint density at radius 2 is 2.07 bits per heavy atom. The Balaban J connectivity index is 1.94. The number of hydrogen-bond acceptors (Lipinski definition) is 5. The number of aryl methyl sites for hydroxylation is 2. The highest BCUT2D eigenvalue weighted by Gasteiger charge is 2.17. The van der Waals surface area contributed by atoms with E-state index in [9.17, 15) is 4.79 Å². The second kappa shape index (κ2) is 8.98. The Hall–Kier alpha value is -3.03. The Morgan fingerprint density at radius 1 is 1.28 bits per heavy atom. The van der Waals surface area contributed by atoms with Crippen molar-refractivity contribution in [2.45, 2.75) is 6.92 Å². The maximum atomic E-state index is 12.8. The highest BCUT2D eigenvalue weighted by Crippen LogP contribution is 2.36. The van der Waals surface area contributed by atoms with Crippen LogP contribution in [0.25, 0.3) is 11.3 Å². The van der Waals surface area contributed by atoms with Crippen molar-refractivity contribution in [1.82, 2.24) is 9.78 Å². The van der Waals surface area contributed by atoms with E-state index in [4.69, 9.17) is 26.8 Å². The second-order valence-corrected chi connectivity index (χ2v) is 6.85. The summed E-state index contributed by atoms with van der Waals surface area (Å²) in [6.45, 7) is 2.61. The fraction of sp³-hybridized carbons (Fsp3) is 0.238. The smallest absolute Gasteiger partial charge is 0.255 e. The van der Waals surface area contributed by atoms with Crippen LogP contribution in [0.5, 0.6) is 11.5 Å². The second-order valence-electron chi connectivity index (χ2n) is 6.45. The molecule has 1 heterocycles. The molecule has 1 amide bonds. The normalized spacial score (nSPS) is 10.7. The first-order chi connectivity index (χ1) is 13.9. The van der Waals surface area contributed by atoms with E-state index in [-0.39, 0.29) is 5.91 Å². The molecular formula is C21H23ClN4O3. The summed E-state index contributed by atoms with van der Waals surface area (Å²) in [6, 6.07) is 10.7. The summed E-state index contributed by atoms with van der Waals surface area (Å²) >= 11 is 6.33. The van der Waals surface area contributed by atoms with Crippen molar-refractivity contribution in [1.29, 1.82) is 0 Å². The van der Waals surface area contributed by atoms with Crippen molar-refractivity contribution in [2.75, 3.05) is 25.6 Å². The van der Waals surface area contributed by atoms with Crippen LogP contribution in [0.4, 0.5) is 5.69 Å². The van der Waals surface area contributed by atoms with Gasteiger partial charge in [0.25, 0.3) is 5.91 Å². The van der Waals surface area contributed by atoms with Crippen LogP contribution < -0.4 is 20.5 Å². The average molecular weight is 415 g/mol. The quantitative estimate of drug-likeness (QED) is 0.615. The molecule has 7 nitrogen and oxygen atoms in total. The first-order valence-corrected chi connectivity index (χ1v) is 9.43. The van der Waals surface area contributed by atoms with Gasteiger partial charge >= 0.3 is 0 Å². The lowest BCUT2D eigenvalue weighted by molar-refractivity contribution is 0.102. The van der Waals surface area contributed by atoms with Gasteiger partial charge in [0.1, 0.15) is 18.1 Å². The number of carbonyl (C=O) groups excluding carboxylic acids is 1. The molecule has 0 aliphatic heterocycles.